The molecule has 5 heterocycles. The van der Waals surface area contributed by atoms with E-state index in [4.69, 9.17) is 9.72 Å². The van der Waals surface area contributed by atoms with Crippen molar-refractivity contribution in [3.63, 3.8) is 0 Å². The van der Waals surface area contributed by atoms with Crippen LogP contribution >= 0.6 is 0 Å². The zero-order valence-corrected chi connectivity index (χ0v) is 17.9. The van der Waals surface area contributed by atoms with E-state index in [1.165, 1.54) is 0 Å². The fourth-order valence-corrected chi connectivity index (χ4v) is 4.66. The van der Waals surface area contributed by atoms with E-state index in [1.54, 1.807) is 17.1 Å². The lowest BCUT2D eigenvalue weighted by Crippen LogP contribution is -2.63. The van der Waals surface area contributed by atoms with Crippen molar-refractivity contribution in [3.8, 4) is 23.2 Å². The Bertz CT molecular complexity index is 1160. The molecule has 9 heteroatoms. The molecule has 2 atom stereocenters. The molecule has 3 aliphatic heterocycles. The quantitative estimate of drug-likeness (QED) is 0.591. The van der Waals surface area contributed by atoms with Crippen LogP contribution in [0.25, 0.3) is 11.4 Å². The maximum absolute atomic E-state index is 12.5. The predicted octanol–water partition coefficient (Wildman–Crippen LogP) is 2.95. The lowest BCUT2D eigenvalue weighted by Gasteiger charge is -2.53. The molecule has 0 aliphatic carbocycles. The fourth-order valence-electron chi connectivity index (χ4n) is 4.66. The Morgan fingerprint density at radius 2 is 2.00 bits per heavy atom. The van der Waals surface area contributed by atoms with Gasteiger partial charge in [0.15, 0.2) is 11.6 Å². The van der Waals surface area contributed by atoms with Crippen molar-refractivity contribution in [3.05, 3.63) is 48.4 Å². The van der Waals surface area contributed by atoms with Gasteiger partial charge in [-0.15, -0.1) is 0 Å². The molecule has 0 unspecified atom stereocenters. The normalized spacial score (nSPS) is 19.8. The van der Waals surface area contributed by atoms with Gasteiger partial charge in [-0.1, -0.05) is 6.07 Å². The van der Waals surface area contributed by atoms with Gasteiger partial charge in [-0.25, -0.2) is 14.4 Å². The first-order valence-corrected chi connectivity index (χ1v) is 10.7. The minimum Gasteiger partial charge on any atom is -0.491 e. The SMILES string of the molecule is Cn1cc(-c2ncc(C#N)c(N3C[C@@H]4CC[C@H]3CN4c3cccc(OCCF)c3)n2)cn1. The largest absolute Gasteiger partial charge is 0.491 e. The number of hydrogen-bond donors (Lipinski definition) is 0. The highest BCUT2D eigenvalue weighted by Gasteiger charge is 2.40. The number of hydrogen-bond acceptors (Lipinski definition) is 7. The van der Waals surface area contributed by atoms with Crippen LogP contribution in [0.3, 0.4) is 0 Å². The molecule has 3 fully saturated rings. The summed E-state index contributed by atoms with van der Waals surface area (Å²) in [5.41, 5.74) is 2.39. The molecule has 2 bridgehead atoms. The standard InChI is InChI=1S/C23H24FN7O/c1-29-13-17(12-27-29)22-26-11-16(10-25)23(28-22)31-15-19-5-6-20(31)14-30(19)18-3-2-4-21(9-18)32-8-7-24/h2-4,9,11-13,19-20H,5-8,14-15H2,1H3/t19-,20-/m0/s1. The van der Waals surface area contributed by atoms with Crippen molar-refractivity contribution in [2.24, 2.45) is 7.05 Å². The highest BCUT2D eigenvalue weighted by Crippen LogP contribution is 2.37. The van der Waals surface area contributed by atoms with Crippen LogP contribution in [0, 0.1) is 11.3 Å². The lowest BCUT2D eigenvalue weighted by atomic mass is 9.90. The van der Waals surface area contributed by atoms with E-state index < -0.39 is 6.67 Å². The van der Waals surface area contributed by atoms with Gasteiger partial charge in [0.1, 0.15) is 30.7 Å². The number of piperazine rings is 1. The molecular formula is C23H24FN7O. The highest BCUT2D eigenvalue weighted by atomic mass is 19.1. The summed E-state index contributed by atoms with van der Waals surface area (Å²) < 4.78 is 19.7. The molecule has 0 radical (unpaired) electrons. The summed E-state index contributed by atoms with van der Waals surface area (Å²) in [6.45, 7) is 1.16. The molecule has 0 spiro atoms. The average Bonchev–Trinajstić information content (AvgIpc) is 3.29. The number of benzene rings is 1. The zero-order chi connectivity index (χ0) is 22.1. The van der Waals surface area contributed by atoms with Crippen LogP contribution in [0.5, 0.6) is 5.75 Å². The third kappa shape index (κ3) is 3.73. The Morgan fingerprint density at radius 1 is 1.19 bits per heavy atom. The van der Waals surface area contributed by atoms with Crippen LogP contribution < -0.4 is 14.5 Å². The Kier molecular flexibility index (Phi) is 5.35. The van der Waals surface area contributed by atoms with Gasteiger partial charge in [0, 0.05) is 50.2 Å². The smallest absolute Gasteiger partial charge is 0.164 e. The summed E-state index contributed by atoms with van der Waals surface area (Å²) in [5.74, 6) is 1.95. The highest BCUT2D eigenvalue weighted by molar-refractivity contribution is 5.63. The van der Waals surface area contributed by atoms with Crippen molar-refractivity contribution < 1.29 is 9.13 Å². The number of ether oxygens (including phenoxy) is 1. The van der Waals surface area contributed by atoms with Crippen molar-refractivity contribution in [2.75, 3.05) is 36.2 Å². The minimum atomic E-state index is -0.505. The Hall–Kier alpha value is -3.67. The summed E-state index contributed by atoms with van der Waals surface area (Å²) >= 11 is 0. The predicted molar refractivity (Wildman–Crippen MR) is 118 cm³/mol. The summed E-state index contributed by atoms with van der Waals surface area (Å²) in [5, 5.41) is 13.9. The van der Waals surface area contributed by atoms with Gasteiger partial charge in [0.05, 0.1) is 18.0 Å². The summed E-state index contributed by atoms with van der Waals surface area (Å²) in [7, 11) is 1.85. The van der Waals surface area contributed by atoms with Gasteiger partial charge in [-0.2, -0.15) is 10.4 Å². The fraction of sp³-hybridized carbons (Fsp3) is 0.391. The third-order valence-corrected chi connectivity index (χ3v) is 6.15. The monoisotopic (exact) mass is 433 g/mol. The van der Waals surface area contributed by atoms with E-state index in [2.05, 4.69) is 32.0 Å². The third-order valence-electron chi connectivity index (χ3n) is 6.15. The zero-order valence-electron chi connectivity index (χ0n) is 17.9. The molecule has 0 saturated carbocycles. The van der Waals surface area contributed by atoms with E-state index in [0.29, 0.717) is 29.0 Å². The van der Waals surface area contributed by atoms with Crippen LogP contribution in [0.15, 0.2) is 42.9 Å². The summed E-state index contributed by atoms with van der Waals surface area (Å²) in [6.07, 6.45) is 7.31. The second-order valence-electron chi connectivity index (χ2n) is 8.17. The number of halogens is 1. The van der Waals surface area contributed by atoms with E-state index in [1.807, 2.05) is 31.4 Å². The molecule has 0 amide bonds. The summed E-state index contributed by atoms with van der Waals surface area (Å²) in [6, 6.07) is 10.6. The van der Waals surface area contributed by atoms with Crippen LogP contribution in [-0.4, -0.2) is 58.2 Å². The Balaban J connectivity index is 1.41. The summed E-state index contributed by atoms with van der Waals surface area (Å²) in [4.78, 5) is 13.8. The van der Waals surface area contributed by atoms with Gasteiger partial charge in [-0.3, -0.25) is 4.68 Å². The van der Waals surface area contributed by atoms with Crippen LogP contribution in [0.2, 0.25) is 0 Å². The van der Waals surface area contributed by atoms with E-state index in [-0.39, 0.29) is 12.6 Å². The topological polar surface area (TPSA) is 83.1 Å². The second kappa shape index (κ2) is 8.46. The van der Waals surface area contributed by atoms with Gasteiger partial charge in [0.2, 0.25) is 0 Å². The maximum atomic E-state index is 12.5. The van der Waals surface area contributed by atoms with Crippen LogP contribution in [-0.2, 0) is 7.05 Å². The first kappa shape index (κ1) is 20.2. The lowest BCUT2D eigenvalue weighted by molar-refractivity contribution is 0.273. The molecule has 3 aromatic rings. The molecule has 8 nitrogen and oxygen atoms in total. The molecule has 164 valence electrons. The van der Waals surface area contributed by atoms with Crippen molar-refractivity contribution in [1.82, 2.24) is 19.7 Å². The molecule has 32 heavy (non-hydrogen) atoms. The van der Waals surface area contributed by atoms with E-state index >= 15 is 0 Å². The molecule has 6 rings (SSSR count). The second-order valence-corrected chi connectivity index (χ2v) is 8.17. The number of anilines is 2. The van der Waals surface area contributed by atoms with Gasteiger partial charge in [-0.05, 0) is 25.0 Å². The van der Waals surface area contributed by atoms with Gasteiger partial charge < -0.3 is 14.5 Å². The number of alkyl halides is 1. The molecule has 0 N–H and O–H groups in total. The van der Waals surface area contributed by atoms with Crippen molar-refractivity contribution >= 4 is 11.5 Å². The molecular weight excluding hydrogens is 409 g/mol. The Morgan fingerprint density at radius 3 is 2.69 bits per heavy atom. The van der Waals surface area contributed by atoms with Crippen molar-refractivity contribution in [2.45, 2.75) is 24.9 Å². The van der Waals surface area contributed by atoms with Crippen LogP contribution in [0.4, 0.5) is 15.9 Å². The first-order valence-electron chi connectivity index (χ1n) is 10.7. The van der Waals surface area contributed by atoms with Crippen LogP contribution in [0.1, 0.15) is 18.4 Å². The van der Waals surface area contributed by atoms with Crippen molar-refractivity contribution in [1.29, 1.82) is 5.26 Å². The number of piperidine rings is 2. The number of fused-ring (bicyclic) bond motifs is 3. The number of aromatic nitrogens is 4. The number of rotatable bonds is 6. The molecule has 1 aromatic carbocycles. The number of nitriles is 1. The number of nitrogens with zero attached hydrogens (tertiary/aromatic N) is 7. The minimum absolute atomic E-state index is 0.0627. The maximum Gasteiger partial charge on any atom is 0.164 e. The average molecular weight is 433 g/mol. The van der Waals surface area contributed by atoms with E-state index in [9.17, 15) is 9.65 Å². The Labute approximate surface area is 185 Å². The molecule has 3 saturated heterocycles. The molecule has 2 aromatic heterocycles. The van der Waals surface area contributed by atoms with Gasteiger partial charge >= 0.3 is 0 Å². The first-order chi connectivity index (χ1) is 15.7. The van der Waals surface area contributed by atoms with Gasteiger partial charge in [0.25, 0.3) is 0 Å². The van der Waals surface area contributed by atoms with E-state index in [0.717, 1.165) is 37.2 Å². The number of aryl methyl sites for hydroxylation is 1. The molecule has 3 aliphatic rings.